The molecular weight excluding hydrogens is 220 g/mol. The van der Waals surface area contributed by atoms with Crippen LogP contribution in [0.2, 0.25) is 0 Å². The zero-order chi connectivity index (χ0) is 12.8. The number of rotatable bonds is 0. The molecule has 0 unspecified atom stereocenters. The summed E-state index contributed by atoms with van der Waals surface area (Å²) in [7, 11) is 0. The van der Waals surface area contributed by atoms with E-state index in [9.17, 15) is 4.79 Å². The summed E-state index contributed by atoms with van der Waals surface area (Å²) in [6, 6.07) is 12.5. The summed E-state index contributed by atoms with van der Waals surface area (Å²) in [4.78, 5) is 12.4. The molecule has 0 amide bonds. The van der Waals surface area contributed by atoms with Gasteiger partial charge in [0.15, 0.2) is 5.78 Å². The number of Topliss-reactive ketones (excluding diaryl/α,β-unsaturated/α-hetero) is 1. The number of fused-ring (bicyclic) bond motifs is 3. The van der Waals surface area contributed by atoms with E-state index in [1.54, 1.807) is 0 Å². The van der Waals surface area contributed by atoms with Crippen LogP contribution >= 0.6 is 0 Å². The third-order valence-corrected chi connectivity index (χ3v) is 4.03. The summed E-state index contributed by atoms with van der Waals surface area (Å²) in [6.45, 7) is 4.39. The van der Waals surface area contributed by atoms with Gasteiger partial charge in [0.25, 0.3) is 0 Å². The summed E-state index contributed by atoms with van der Waals surface area (Å²) in [5.41, 5.74) is 2.32. The van der Waals surface area contributed by atoms with E-state index in [4.69, 9.17) is 0 Å². The minimum absolute atomic E-state index is 0.122. The van der Waals surface area contributed by atoms with Gasteiger partial charge in [-0.05, 0) is 34.6 Å². The summed E-state index contributed by atoms with van der Waals surface area (Å²) in [6.07, 6.45) is 2.76. The van der Waals surface area contributed by atoms with Crippen LogP contribution in [-0.4, -0.2) is 5.78 Å². The molecule has 1 heteroatoms. The minimum atomic E-state index is 0.122. The molecule has 3 rings (SSSR count). The van der Waals surface area contributed by atoms with Crippen LogP contribution in [0.15, 0.2) is 36.4 Å². The van der Waals surface area contributed by atoms with E-state index >= 15 is 0 Å². The van der Waals surface area contributed by atoms with E-state index in [0.717, 1.165) is 18.4 Å². The molecule has 0 bridgehead atoms. The van der Waals surface area contributed by atoms with Crippen molar-refractivity contribution < 1.29 is 4.79 Å². The second-order valence-corrected chi connectivity index (χ2v) is 6.08. The van der Waals surface area contributed by atoms with Gasteiger partial charge in [0.05, 0.1) is 0 Å². The van der Waals surface area contributed by atoms with Gasteiger partial charge < -0.3 is 0 Å². The highest BCUT2D eigenvalue weighted by atomic mass is 16.1. The van der Waals surface area contributed by atoms with Crippen molar-refractivity contribution in [1.29, 1.82) is 0 Å². The maximum Gasteiger partial charge on any atom is 0.163 e. The van der Waals surface area contributed by atoms with Crippen LogP contribution in [0.1, 0.15) is 42.6 Å². The molecule has 1 aliphatic carbocycles. The third kappa shape index (κ3) is 1.84. The quantitative estimate of drug-likeness (QED) is 0.622. The van der Waals surface area contributed by atoms with Gasteiger partial charge in [0.1, 0.15) is 0 Å². The Balaban J connectivity index is 2.23. The van der Waals surface area contributed by atoms with Crippen molar-refractivity contribution in [3.8, 4) is 0 Å². The number of aryl methyl sites for hydroxylation is 1. The molecule has 2 aromatic carbocycles. The van der Waals surface area contributed by atoms with Crippen molar-refractivity contribution in [2.45, 2.75) is 33.1 Å². The molecular formula is C17H18O. The fraction of sp³-hybridized carbons (Fsp3) is 0.353. The molecule has 0 saturated heterocycles. The summed E-state index contributed by atoms with van der Waals surface area (Å²) >= 11 is 0. The fourth-order valence-electron chi connectivity index (χ4n) is 2.95. The maximum atomic E-state index is 12.4. The van der Waals surface area contributed by atoms with Gasteiger partial charge >= 0.3 is 0 Å². The lowest BCUT2D eigenvalue weighted by Gasteiger charge is -2.20. The topological polar surface area (TPSA) is 17.1 Å². The van der Waals surface area contributed by atoms with Crippen LogP contribution in [-0.2, 0) is 6.42 Å². The average Bonchev–Trinajstić information content (AvgIpc) is 2.46. The second kappa shape index (κ2) is 3.94. The Morgan fingerprint density at radius 2 is 1.83 bits per heavy atom. The molecule has 92 valence electrons. The van der Waals surface area contributed by atoms with Crippen molar-refractivity contribution in [3.05, 3.63) is 47.5 Å². The van der Waals surface area contributed by atoms with Gasteiger partial charge in [-0.3, -0.25) is 4.79 Å². The lowest BCUT2D eigenvalue weighted by atomic mass is 9.84. The van der Waals surface area contributed by atoms with Gasteiger partial charge in [0, 0.05) is 12.0 Å². The molecule has 0 fully saturated rings. The van der Waals surface area contributed by atoms with E-state index in [-0.39, 0.29) is 5.41 Å². The van der Waals surface area contributed by atoms with Gasteiger partial charge in [-0.1, -0.05) is 50.2 Å². The van der Waals surface area contributed by atoms with Crippen molar-refractivity contribution in [1.82, 2.24) is 0 Å². The Hall–Kier alpha value is -1.63. The van der Waals surface area contributed by atoms with Gasteiger partial charge in [0.2, 0.25) is 0 Å². The van der Waals surface area contributed by atoms with Crippen molar-refractivity contribution in [2.24, 2.45) is 5.41 Å². The number of hydrogen-bond donors (Lipinski definition) is 0. The van der Waals surface area contributed by atoms with Crippen LogP contribution in [0.4, 0.5) is 0 Å². The fourth-order valence-corrected chi connectivity index (χ4v) is 2.95. The minimum Gasteiger partial charge on any atom is -0.294 e. The molecule has 1 aliphatic rings. The molecule has 2 aromatic rings. The highest BCUT2D eigenvalue weighted by Gasteiger charge is 2.28. The predicted molar refractivity (Wildman–Crippen MR) is 75.0 cm³/mol. The number of hydrogen-bond acceptors (Lipinski definition) is 1. The zero-order valence-electron chi connectivity index (χ0n) is 11.0. The van der Waals surface area contributed by atoms with Crippen molar-refractivity contribution >= 4 is 16.6 Å². The van der Waals surface area contributed by atoms with Crippen LogP contribution in [0.3, 0.4) is 0 Å². The Morgan fingerprint density at radius 1 is 1.06 bits per heavy atom. The van der Waals surface area contributed by atoms with Crippen LogP contribution in [0, 0.1) is 5.41 Å². The molecule has 18 heavy (non-hydrogen) atoms. The van der Waals surface area contributed by atoms with Gasteiger partial charge in [-0.25, -0.2) is 0 Å². The first-order valence-corrected chi connectivity index (χ1v) is 6.61. The highest BCUT2D eigenvalue weighted by Crippen LogP contribution is 2.36. The Kier molecular flexibility index (Phi) is 2.51. The van der Waals surface area contributed by atoms with E-state index in [2.05, 4.69) is 44.2 Å². The molecule has 0 spiro atoms. The maximum absolute atomic E-state index is 12.4. The summed E-state index contributed by atoms with van der Waals surface area (Å²) < 4.78 is 0. The molecule has 0 saturated carbocycles. The molecule has 0 aromatic heterocycles. The van der Waals surface area contributed by atoms with Crippen LogP contribution < -0.4 is 0 Å². The standard InChI is InChI=1S/C17H18O/c1-17(2)10-9-14-13-6-4-3-5-12(13)7-8-15(14)16(18)11-17/h3-8H,9-11H2,1-2H3. The van der Waals surface area contributed by atoms with Crippen molar-refractivity contribution in [2.75, 3.05) is 0 Å². The largest absolute Gasteiger partial charge is 0.294 e. The first kappa shape index (κ1) is 11.5. The Morgan fingerprint density at radius 3 is 2.67 bits per heavy atom. The van der Waals surface area contributed by atoms with E-state index in [0.29, 0.717) is 12.2 Å². The Labute approximate surface area is 108 Å². The number of ketones is 1. The number of benzene rings is 2. The Bertz CT molecular complexity index is 623. The molecule has 0 aliphatic heterocycles. The van der Waals surface area contributed by atoms with Crippen molar-refractivity contribution in [3.63, 3.8) is 0 Å². The zero-order valence-corrected chi connectivity index (χ0v) is 11.0. The molecule has 0 heterocycles. The number of carbonyl (C=O) groups is 1. The lowest BCUT2D eigenvalue weighted by Crippen LogP contribution is -2.14. The number of carbonyl (C=O) groups excluding carboxylic acids is 1. The predicted octanol–water partition coefficient (Wildman–Crippen LogP) is 4.39. The van der Waals surface area contributed by atoms with Gasteiger partial charge in [-0.15, -0.1) is 0 Å². The van der Waals surface area contributed by atoms with Gasteiger partial charge in [-0.2, -0.15) is 0 Å². The average molecular weight is 238 g/mol. The molecule has 0 atom stereocenters. The smallest absolute Gasteiger partial charge is 0.163 e. The summed E-state index contributed by atoms with van der Waals surface area (Å²) in [5.74, 6) is 0.304. The molecule has 0 N–H and O–H groups in total. The monoisotopic (exact) mass is 238 g/mol. The van der Waals surface area contributed by atoms with Crippen LogP contribution in [0.25, 0.3) is 10.8 Å². The molecule has 0 radical (unpaired) electrons. The normalized spacial score (nSPS) is 18.4. The van der Waals surface area contributed by atoms with E-state index in [1.165, 1.54) is 16.3 Å². The van der Waals surface area contributed by atoms with E-state index < -0.39 is 0 Å². The lowest BCUT2D eigenvalue weighted by molar-refractivity contribution is 0.0934. The first-order valence-electron chi connectivity index (χ1n) is 6.61. The van der Waals surface area contributed by atoms with Crippen LogP contribution in [0.5, 0.6) is 0 Å². The first-order chi connectivity index (χ1) is 8.57. The van der Waals surface area contributed by atoms with E-state index in [1.807, 2.05) is 6.07 Å². The molecule has 1 nitrogen and oxygen atoms in total. The third-order valence-electron chi connectivity index (χ3n) is 4.03. The second-order valence-electron chi connectivity index (χ2n) is 6.08. The summed E-state index contributed by atoms with van der Waals surface area (Å²) in [5, 5.41) is 2.49. The highest BCUT2D eigenvalue weighted by molar-refractivity contribution is 6.03. The SMILES string of the molecule is CC1(C)CCc2c(ccc3ccccc23)C(=O)C1.